The van der Waals surface area contributed by atoms with E-state index in [-0.39, 0.29) is 11.3 Å². The third kappa shape index (κ3) is 1.66. The summed E-state index contributed by atoms with van der Waals surface area (Å²) in [6, 6.07) is 0. The van der Waals surface area contributed by atoms with Gasteiger partial charge in [0.2, 0.25) is 11.2 Å². The average molecular weight is 392 g/mol. The van der Waals surface area contributed by atoms with Crippen molar-refractivity contribution in [3.63, 3.8) is 0 Å². The largest absolute Gasteiger partial charge is 0.446 e. The van der Waals surface area contributed by atoms with Crippen molar-refractivity contribution < 1.29 is 34.3 Å². The Hall–Kier alpha value is -1.25. The van der Waals surface area contributed by atoms with E-state index in [9.17, 15) is 20.1 Å². The van der Waals surface area contributed by atoms with Crippen LogP contribution in [0.1, 0.15) is 40.0 Å². The van der Waals surface area contributed by atoms with Gasteiger partial charge in [0.25, 0.3) is 0 Å². The summed E-state index contributed by atoms with van der Waals surface area (Å²) in [6.07, 6.45) is 1.53. The quantitative estimate of drug-likeness (QED) is 0.472. The zero-order chi connectivity index (χ0) is 20.3. The molecule has 3 saturated heterocycles. The van der Waals surface area contributed by atoms with Gasteiger partial charge in [0.1, 0.15) is 12.2 Å². The van der Waals surface area contributed by atoms with E-state index >= 15 is 0 Å². The van der Waals surface area contributed by atoms with Crippen molar-refractivity contribution in [2.75, 3.05) is 6.61 Å². The molecule has 5 aliphatic rings. The van der Waals surface area contributed by atoms with Crippen molar-refractivity contribution in [1.82, 2.24) is 0 Å². The second kappa shape index (κ2) is 5.26. The lowest BCUT2D eigenvalue weighted by atomic mass is 9.57. The number of carbonyl (C=O) groups excluding carboxylic acids is 1. The molecule has 4 fully saturated rings. The molecule has 1 saturated carbocycles. The number of hydrogen-bond acceptors (Lipinski definition) is 7. The van der Waals surface area contributed by atoms with Crippen molar-refractivity contribution in [3.05, 3.63) is 23.8 Å². The lowest BCUT2D eigenvalue weighted by molar-refractivity contribution is -0.181. The molecular formula is C21H28O7. The summed E-state index contributed by atoms with van der Waals surface area (Å²) >= 11 is 0. The van der Waals surface area contributed by atoms with Crippen molar-refractivity contribution in [3.8, 4) is 0 Å². The Morgan fingerprint density at radius 1 is 1.36 bits per heavy atom. The molecule has 3 heterocycles. The number of carbonyl (C=O) groups is 1. The maximum Gasteiger partial charge on any atom is 0.345 e. The van der Waals surface area contributed by atoms with Crippen molar-refractivity contribution in [2.24, 2.45) is 17.3 Å². The molecule has 2 aliphatic carbocycles. The van der Waals surface area contributed by atoms with E-state index in [1.54, 1.807) is 6.08 Å². The minimum atomic E-state index is -2.36. The van der Waals surface area contributed by atoms with Gasteiger partial charge in [-0.2, -0.15) is 0 Å². The highest BCUT2D eigenvalue weighted by atomic mass is 16.8. The van der Waals surface area contributed by atoms with Crippen LogP contribution in [-0.4, -0.2) is 63.2 Å². The van der Waals surface area contributed by atoms with Gasteiger partial charge >= 0.3 is 5.97 Å². The van der Waals surface area contributed by atoms with Crippen LogP contribution in [-0.2, 0) is 19.0 Å². The summed E-state index contributed by atoms with van der Waals surface area (Å²) in [4.78, 5) is 12.7. The second-order valence-corrected chi connectivity index (χ2v) is 9.47. The first kappa shape index (κ1) is 18.8. The van der Waals surface area contributed by atoms with E-state index in [4.69, 9.17) is 14.2 Å². The SMILES string of the molecule is C=C(C)[C@@H]1CC[C@@]2(C1)C(C)=C[C@@]13OC(=O)[C@@]4(O)[C@@H](CO)O[C@@H](O[C@@H]1[C@H]2C)[C@@]43O. The number of aliphatic hydroxyl groups excluding tert-OH is 1. The fourth-order valence-corrected chi connectivity index (χ4v) is 6.76. The fourth-order valence-electron chi connectivity index (χ4n) is 6.76. The first-order valence-electron chi connectivity index (χ1n) is 10.0. The Morgan fingerprint density at radius 3 is 2.68 bits per heavy atom. The lowest BCUT2D eigenvalue weighted by Crippen LogP contribution is -2.67. The fraction of sp³-hybridized carbons (Fsp3) is 0.762. The molecule has 7 heteroatoms. The standard InChI is InChI=1S/C21H28O7/c1-10(2)13-5-6-18(8-13)11(3)7-19-15(12(18)4)27-17-21(19,25)20(24,16(23)28-19)14(9-22)26-17/h7,12-15,17,22,24-25H,1,5-6,8-9H2,2-4H3/t12-,13-,14-,15-,17+,18-,19-,20+,21+/m1/s1. The molecule has 0 aromatic rings. The van der Waals surface area contributed by atoms with Gasteiger partial charge in [0, 0.05) is 0 Å². The summed E-state index contributed by atoms with van der Waals surface area (Å²) in [5.74, 6) is -0.618. The molecule has 3 aliphatic heterocycles. The molecule has 0 aromatic heterocycles. The Bertz CT molecular complexity index is 807. The molecule has 7 nitrogen and oxygen atoms in total. The highest BCUT2D eigenvalue weighted by molar-refractivity contribution is 5.88. The number of rotatable bonds is 2. The minimum absolute atomic E-state index is 0.0669. The molecule has 154 valence electrons. The molecule has 0 aromatic carbocycles. The van der Waals surface area contributed by atoms with Gasteiger partial charge in [-0.3, -0.25) is 0 Å². The Balaban J connectivity index is 1.65. The van der Waals surface area contributed by atoms with Crippen molar-refractivity contribution >= 4 is 5.97 Å². The monoisotopic (exact) mass is 392 g/mol. The molecular weight excluding hydrogens is 364 g/mol. The van der Waals surface area contributed by atoms with Crippen LogP contribution in [0.15, 0.2) is 23.8 Å². The van der Waals surface area contributed by atoms with Crippen LogP contribution in [0, 0.1) is 17.3 Å². The van der Waals surface area contributed by atoms with E-state index < -0.39 is 47.9 Å². The second-order valence-electron chi connectivity index (χ2n) is 9.47. The number of hydrogen-bond donors (Lipinski definition) is 3. The minimum Gasteiger partial charge on any atom is -0.446 e. The molecule has 3 N–H and O–H groups in total. The predicted octanol–water partition coefficient (Wildman–Crippen LogP) is 0.819. The van der Waals surface area contributed by atoms with E-state index in [0.717, 1.165) is 30.4 Å². The van der Waals surface area contributed by atoms with E-state index in [2.05, 4.69) is 20.4 Å². The third-order valence-corrected chi connectivity index (χ3v) is 8.49. The van der Waals surface area contributed by atoms with E-state index in [1.165, 1.54) is 0 Å². The van der Waals surface area contributed by atoms with Crippen LogP contribution in [0.25, 0.3) is 0 Å². The summed E-state index contributed by atoms with van der Waals surface area (Å²) in [5, 5.41) is 32.4. The van der Waals surface area contributed by atoms with Gasteiger partial charge in [-0.05, 0) is 56.4 Å². The highest BCUT2D eigenvalue weighted by Crippen LogP contribution is 2.68. The van der Waals surface area contributed by atoms with Gasteiger partial charge in [-0.15, -0.1) is 0 Å². The van der Waals surface area contributed by atoms with Crippen LogP contribution in [0.4, 0.5) is 0 Å². The molecule has 0 bridgehead atoms. The molecule has 5 rings (SSSR count). The third-order valence-electron chi connectivity index (χ3n) is 8.49. The predicted molar refractivity (Wildman–Crippen MR) is 96.9 cm³/mol. The molecule has 0 amide bonds. The first-order chi connectivity index (χ1) is 13.1. The van der Waals surface area contributed by atoms with E-state index in [0.29, 0.717) is 5.92 Å². The van der Waals surface area contributed by atoms with Gasteiger partial charge < -0.3 is 29.5 Å². The number of aliphatic hydroxyl groups is 3. The number of allylic oxidation sites excluding steroid dienone is 2. The van der Waals surface area contributed by atoms with Gasteiger partial charge in [0.05, 0.1) is 6.61 Å². The Labute approximate surface area is 164 Å². The topological polar surface area (TPSA) is 105 Å². The molecule has 0 radical (unpaired) electrons. The first-order valence-corrected chi connectivity index (χ1v) is 10.0. The van der Waals surface area contributed by atoms with Gasteiger partial charge in [0.15, 0.2) is 11.9 Å². The zero-order valence-electron chi connectivity index (χ0n) is 16.5. The van der Waals surface area contributed by atoms with E-state index in [1.807, 2.05) is 6.92 Å². The smallest absolute Gasteiger partial charge is 0.345 e. The van der Waals surface area contributed by atoms with Crippen molar-refractivity contribution in [1.29, 1.82) is 0 Å². The summed E-state index contributed by atoms with van der Waals surface area (Å²) in [6.45, 7) is 9.61. The number of esters is 1. The molecule has 28 heavy (non-hydrogen) atoms. The van der Waals surface area contributed by atoms with Crippen LogP contribution in [0.5, 0.6) is 0 Å². The Kier molecular flexibility index (Phi) is 3.53. The van der Waals surface area contributed by atoms with Crippen LogP contribution in [0.2, 0.25) is 0 Å². The van der Waals surface area contributed by atoms with Gasteiger partial charge in [-0.25, -0.2) is 4.79 Å². The summed E-state index contributed by atoms with van der Waals surface area (Å²) < 4.78 is 17.4. The highest BCUT2D eigenvalue weighted by Gasteiger charge is 2.90. The molecule has 2 spiro atoms. The summed E-state index contributed by atoms with van der Waals surface area (Å²) in [5.41, 5.74) is -3.93. The molecule has 0 unspecified atom stereocenters. The normalized spacial score (nSPS) is 56.6. The maximum absolute atomic E-state index is 12.7. The lowest BCUT2D eigenvalue weighted by Gasteiger charge is -2.49. The average Bonchev–Trinajstić information content (AvgIpc) is 3.29. The van der Waals surface area contributed by atoms with Crippen LogP contribution >= 0.6 is 0 Å². The van der Waals surface area contributed by atoms with Crippen LogP contribution in [0.3, 0.4) is 0 Å². The molecule has 9 atom stereocenters. The zero-order valence-corrected chi connectivity index (χ0v) is 16.5. The maximum atomic E-state index is 12.7. The Morgan fingerprint density at radius 2 is 2.07 bits per heavy atom. The summed E-state index contributed by atoms with van der Waals surface area (Å²) in [7, 11) is 0. The van der Waals surface area contributed by atoms with Crippen LogP contribution < -0.4 is 0 Å². The number of ether oxygens (including phenoxy) is 3. The van der Waals surface area contributed by atoms with Gasteiger partial charge in [-0.1, -0.05) is 24.6 Å². The van der Waals surface area contributed by atoms with Crippen molar-refractivity contribution in [2.45, 2.75) is 75.3 Å².